The Labute approximate surface area is 124 Å². The third kappa shape index (κ3) is 8.30. The molecule has 0 spiro atoms. The Morgan fingerprint density at radius 2 is 2.00 bits per heavy atom. The van der Waals surface area contributed by atoms with Gasteiger partial charge in [-0.05, 0) is 12.1 Å². The van der Waals surface area contributed by atoms with Crippen LogP contribution in [0.3, 0.4) is 0 Å². The van der Waals surface area contributed by atoms with E-state index in [0.29, 0.717) is 5.69 Å². The molecule has 0 fully saturated rings. The number of pyridine rings is 1. The van der Waals surface area contributed by atoms with Gasteiger partial charge >= 0.3 is 66.7 Å². The molecule has 0 aliphatic rings. The third-order valence-electron chi connectivity index (χ3n) is 1.09. The van der Waals surface area contributed by atoms with E-state index in [2.05, 4.69) is 4.98 Å². The van der Waals surface area contributed by atoms with Crippen LogP contribution in [0.15, 0.2) is 24.4 Å². The molecule has 64 valence electrons. The van der Waals surface area contributed by atoms with Gasteiger partial charge < -0.3 is 12.6 Å². The van der Waals surface area contributed by atoms with Crippen LogP contribution in [-0.2, 0) is 10.7 Å². The summed E-state index contributed by atoms with van der Waals surface area (Å²) in [6.07, 6.45) is 1.22. The zero-order valence-corrected chi connectivity index (χ0v) is 12.6. The van der Waals surface area contributed by atoms with E-state index in [1.54, 1.807) is 18.2 Å². The van der Waals surface area contributed by atoms with Crippen LogP contribution in [0.2, 0.25) is 0 Å². The first-order chi connectivity index (χ1) is 5.08. The summed E-state index contributed by atoms with van der Waals surface area (Å²) >= 11 is 0. The average molecular weight is 221 g/mol. The summed E-state index contributed by atoms with van der Waals surface area (Å²) in [7, 11) is -3.95. The van der Waals surface area contributed by atoms with E-state index in [1.807, 2.05) is 0 Å². The normalized spacial score (nSPS) is 9.69. The molecule has 1 rings (SSSR count). The van der Waals surface area contributed by atoms with Crippen molar-refractivity contribution in [1.29, 1.82) is 0 Å². The Morgan fingerprint density at radius 3 is 2.38 bits per heavy atom. The smallest absolute Gasteiger partial charge is 1.00 e. The molecule has 1 aromatic rings. The van der Waals surface area contributed by atoms with Crippen LogP contribution in [0.25, 0.3) is 0 Å². The fraction of sp³-hybridized carbons (Fsp3) is 0.167. The second-order valence-corrected chi connectivity index (χ2v) is 3.79. The molecule has 7 heteroatoms. The van der Waals surface area contributed by atoms with Crippen LogP contribution in [0.5, 0.6) is 0 Å². The van der Waals surface area contributed by atoms with Crippen molar-refractivity contribution in [3.8, 4) is 0 Å². The quantitative estimate of drug-likeness (QED) is 0.387. The minimum atomic E-state index is -3.95. The second kappa shape index (κ2) is 7.57. The van der Waals surface area contributed by atoms with Crippen LogP contribution in [-0.4, -0.2) is 14.8 Å². The Morgan fingerprint density at radius 1 is 1.38 bits per heavy atom. The molecule has 4 nitrogen and oxygen atoms in total. The van der Waals surface area contributed by atoms with Crippen molar-refractivity contribution < 1.29 is 76.3 Å². The zero-order valence-electron chi connectivity index (χ0n) is 9.71. The maximum absolute atomic E-state index is 10.5. The summed E-state index contributed by atoms with van der Waals surface area (Å²) in [5.74, 6) is 0. The van der Waals surface area contributed by atoms with Gasteiger partial charge in [0, 0.05) is 6.20 Å². The number of hydrogen-bond donors (Lipinski definition) is 2. The van der Waals surface area contributed by atoms with Crippen LogP contribution in [0, 0.1) is 0 Å². The first-order valence-corrected chi connectivity index (χ1v) is 4.82. The van der Waals surface area contributed by atoms with Crippen molar-refractivity contribution >= 4 is 7.60 Å². The third-order valence-corrected chi connectivity index (χ3v) is 1.83. The monoisotopic (exact) mass is 221 g/mol. The van der Waals surface area contributed by atoms with Crippen molar-refractivity contribution in [2.24, 2.45) is 0 Å². The Bertz CT molecular complexity index is 285. The van der Waals surface area contributed by atoms with Crippen LogP contribution in [0.1, 0.15) is 8.55 Å². The van der Waals surface area contributed by atoms with E-state index in [4.69, 9.17) is 9.79 Å². The first-order valence-electron chi connectivity index (χ1n) is 3.02. The minimum absolute atomic E-state index is 0. The summed E-state index contributed by atoms with van der Waals surface area (Å²) in [4.78, 5) is 20.9. The van der Waals surface area contributed by atoms with Crippen molar-refractivity contribution in [2.75, 3.05) is 0 Å². The molecule has 0 aromatic carbocycles. The Kier molecular flexibility index (Phi) is 9.74. The first kappa shape index (κ1) is 16.7. The predicted octanol–water partition coefficient (Wildman–Crippen LogP) is -5.01. The zero-order chi connectivity index (χ0) is 8.32. The largest absolute Gasteiger partial charge is 1.00 e. The van der Waals surface area contributed by atoms with Gasteiger partial charge in [-0.2, -0.15) is 0 Å². The predicted molar refractivity (Wildman–Crippen MR) is 42.2 cm³/mol. The van der Waals surface area contributed by atoms with E-state index in [9.17, 15) is 4.57 Å². The van der Waals surface area contributed by atoms with Crippen molar-refractivity contribution in [1.82, 2.24) is 4.98 Å². The van der Waals surface area contributed by atoms with Crippen molar-refractivity contribution in [3.05, 3.63) is 30.1 Å². The number of rotatable bonds is 2. The molecule has 0 atom stereocenters. The summed E-state index contributed by atoms with van der Waals surface area (Å²) in [6, 6.07) is 4.97. The van der Waals surface area contributed by atoms with Crippen LogP contribution >= 0.6 is 7.60 Å². The van der Waals surface area contributed by atoms with E-state index in [1.165, 1.54) is 6.20 Å². The molecule has 1 aromatic heterocycles. The second-order valence-electron chi connectivity index (χ2n) is 2.14. The molecule has 0 amide bonds. The SMILES string of the molecule is O=P(O)(O)Cc1ccccn1.[H-].[H-].[Na+].[Na+]. The maximum Gasteiger partial charge on any atom is 1.00 e. The molecule has 0 saturated heterocycles. The average Bonchev–Trinajstić information content (AvgIpc) is 1.85. The van der Waals surface area contributed by atoms with Gasteiger partial charge in [-0.1, -0.05) is 6.07 Å². The summed E-state index contributed by atoms with van der Waals surface area (Å²) in [6.45, 7) is 0. The molecule has 1 heterocycles. The van der Waals surface area contributed by atoms with Crippen LogP contribution < -0.4 is 59.1 Å². The molecule has 13 heavy (non-hydrogen) atoms. The fourth-order valence-corrected chi connectivity index (χ4v) is 1.31. The van der Waals surface area contributed by atoms with E-state index in [0.717, 1.165) is 0 Å². The van der Waals surface area contributed by atoms with Crippen LogP contribution in [0.4, 0.5) is 0 Å². The van der Waals surface area contributed by atoms with Gasteiger partial charge in [-0.3, -0.25) is 9.55 Å². The molecule has 0 saturated carbocycles. The van der Waals surface area contributed by atoms with Gasteiger partial charge in [0.2, 0.25) is 0 Å². The van der Waals surface area contributed by atoms with E-state index in [-0.39, 0.29) is 68.1 Å². The molecular weight excluding hydrogens is 211 g/mol. The van der Waals surface area contributed by atoms with Crippen molar-refractivity contribution in [3.63, 3.8) is 0 Å². The molecule has 0 aliphatic heterocycles. The minimum Gasteiger partial charge on any atom is -1.00 e. The van der Waals surface area contributed by atoms with Gasteiger partial charge in [0.15, 0.2) is 0 Å². The summed E-state index contributed by atoms with van der Waals surface area (Å²) in [5, 5.41) is 0. The Balaban J connectivity index is -0.000000151. The van der Waals surface area contributed by atoms with Crippen molar-refractivity contribution in [2.45, 2.75) is 6.16 Å². The number of nitrogens with zero attached hydrogens (tertiary/aromatic N) is 1. The summed E-state index contributed by atoms with van der Waals surface area (Å²) < 4.78 is 10.5. The van der Waals surface area contributed by atoms with Gasteiger partial charge in [0.25, 0.3) is 0 Å². The topological polar surface area (TPSA) is 70.4 Å². The van der Waals surface area contributed by atoms with Gasteiger partial charge in [-0.25, -0.2) is 0 Å². The molecular formula is C6H10NNa2O3P. The molecule has 2 N–H and O–H groups in total. The fourth-order valence-electron chi connectivity index (χ4n) is 0.703. The maximum atomic E-state index is 10.5. The van der Waals surface area contributed by atoms with Gasteiger partial charge in [0.1, 0.15) is 0 Å². The van der Waals surface area contributed by atoms with E-state index < -0.39 is 7.60 Å². The molecule has 0 aliphatic carbocycles. The Hall–Kier alpha value is 1.30. The standard InChI is InChI=1S/C6H8NO3P.2Na.2H/c8-11(9,10)5-6-3-1-2-4-7-6;;;;/h1-4H,5H2,(H2,8,9,10);;;;/q;2*+1;2*-1. The molecule has 0 bridgehead atoms. The number of hydrogen-bond acceptors (Lipinski definition) is 2. The van der Waals surface area contributed by atoms with Gasteiger partial charge in [-0.15, -0.1) is 0 Å². The molecule has 0 radical (unpaired) electrons. The number of aromatic nitrogens is 1. The summed E-state index contributed by atoms with van der Waals surface area (Å²) in [5.41, 5.74) is 0.417. The van der Waals surface area contributed by atoms with Gasteiger partial charge in [0.05, 0.1) is 11.9 Å². The van der Waals surface area contributed by atoms with E-state index >= 15 is 0 Å². The molecule has 0 unspecified atom stereocenters.